The van der Waals surface area contributed by atoms with Crippen LogP contribution in [0.5, 0.6) is 0 Å². The van der Waals surface area contributed by atoms with Gasteiger partial charge in [0.1, 0.15) is 12.4 Å². The zero-order chi connectivity index (χ0) is 15.2. The van der Waals surface area contributed by atoms with E-state index in [1.54, 1.807) is 18.3 Å². The van der Waals surface area contributed by atoms with Crippen LogP contribution in [-0.2, 0) is 17.8 Å². The average Bonchev–Trinajstić information content (AvgIpc) is 2.87. The summed E-state index contributed by atoms with van der Waals surface area (Å²) < 4.78 is 14.3. The van der Waals surface area contributed by atoms with Crippen LogP contribution in [0, 0.1) is 5.82 Å². The van der Waals surface area contributed by atoms with Crippen molar-refractivity contribution in [2.75, 3.05) is 6.54 Å². The van der Waals surface area contributed by atoms with Gasteiger partial charge in [0.25, 0.3) is 0 Å². The van der Waals surface area contributed by atoms with Crippen molar-refractivity contribution in [1.82, 2.24) is 20.3 Å². The third kappa shape index (κ3) is 4.35. The molecule has 0 saturated heterocycles. The predicted molar refractivity (Wildman–Crippen MR) is 75.7 cm³/mol. The zero-order valence-corrected chi connectivity index (χ0v) is 11.8. The molecule has 1 unspecified atom stereocenters. The molecule has 7 heteroatoms. The minimum Gasteiger partial charge on any atom is -0.348 e. The Morgan fingerprint density at radius 2 is 2.14 bits per heavy atom. The minimum atomic E-state index is -0.299. The monoisotopic (exact) mass is 291 g/mol. The first-order chi connectivity index (χ1) is 10.1. The number of rotatable bonds is 6. The summed E-state index contributed by atoms with van der Waals surface area (Å²) in [5, 5.41) is 10.6. The van der Waals surface area contributed by atoms with Crippen LogP contribution >= 0.6 is 0 Å². The van der Waals surface area contributed by atoms with Crippen molar-refractivity contribution >= 4 is 5.91 Å². The molecule has 0 aliphatic carbocycles. The molecule has 6 nitrogen and oxygen atoms in total. The molecule has 1 atom stereocenters. The molecule has 1 amide bonds. The second kappa shape index (κ2) is 6.94. The van der Waals surface area contributed by atoms with Crippen LogP contribution in [0.3, 0.4) is 0 Å². The van der Waals surface area contributed by atoms with Crippen molar-refractivity contribution in [3.8, 4) is 0 Å². The lowest BCUT2D eigenvalue weighted by Gasteiger charge is -2.14. The molecule has 0 spiro atoms. The molecule has 2 rings (SSSR count). The van der Waals surface area contributed by atoms with Gasteiger partial charge in [-0.2, -0.15) is 0 Å². The molecule has 21 heavy (non-hydrogen) atoms. The van der Waals surface area contributed by atoms with Crippen molar-refractivity contribution in [2.45, 2.75) is 25.9 Å². The summed E-state index contributed by atoms with van der Waals surface area (Å²) in [5.74, 6) is -0.483. The topological polar surface area (TPSA) is 85.8 Å². The number of carbonyl (C=O) groups is 1. The van der Waals surface area contributed by atoms with Gasteiger partial charge in [-0.05, 0) is 31.2 Å². The maximum atomic E-state index is 12.9. The molecule has 2 aromatic rings. The summed E-state index contributed by atoms with van der Waals surface area (Å²) in [6.45, 7) is 2.42. The Labute approximate surface area is 122 Å². The van der Waals surface area contributed by atoms with Gasteiger partial charge in [-0.15, -0.1) is 5.10 Å². The van der Waals surface area contributed by atoms with Crippen LogP contribution in [0.15, 0.2) is 30.5 Å². The first kappa shape index (κ1) is 15.1. The molecular weight excluding hydrogens is 273 g/mol. The molecule has 0 saturated carbocycles. The van der Waals surface area contributed by atoms with E-state index in [1.807, 2.05) is 6.92 Å². The highest BCUT2D eigenvalue weighted by Crippen LogP contribution is 2.12. The van der Waals surface area contributed by atoms with E-state index in [9.17, 15) is 9.18 Å². The van der Waals surface area contributed by atoms with Crippen molar-refractivity contribution in [1.29, 1.82) is 0 Å². The van der Waals surface area contributed by atoms with Gasteiger partial charge in [-0.25, -0.2) is 9.07 Å². The molecular formula is C14H18FN5O. The van der Waals surface area contributed by atoms with Crippen molar-refractivity contribution < 1.29 is 9.18 Å². The summed E-state index contributed by atoms with van der Waals surface area (Å²) in [5.41, 5.74) is 7.03. The van der Waals surface area contributed by atoms with Crippen molar-refractivity contribution in [3.63, 3.8) is 0 Å². The predicted octanol–water partition coefficient (Wildman–Crippen LogP) is 0.796. The quantitative estimate of drug-likeness (QED) is 0.824. The van der Waals surface area contributed by atoms with Gasteiger partial charge in [0.05, 0.1) is 11.7 Å². The lowest BCUT2D eigenvalue weighted by atomic mass is 10.1. The summed E-state index contributed by atoms with van der Waals surface area (Å²) in [6, 6.07) is 5.83. The first-order valence-corrected chi connectivity index (χ1v) is 6.72. The van der Waals surface area contributed by atoms with Gasteiger partial charge in [-0.1, -0.05) is 17.3 Å². The normalized spacial score (nSPS) is 12.1. The van der Waals surface area contributed by atoms with Crippen LogP contribution in [-0.4, -0.2) is 27.4 Å². The lowest BCUT2D eigenvalue weighted by molar-refractivity contribution is -0.122. The molecule has 112 valence electrons. The van der Waals surface area contributed by atoms with E-state index in [0.29, 0.717) is 13.0 Å². The fourth-order valence-electron chi connectivity index (χ4n) is 1.95. The summed E-state index contributed by atoms with van der Waals surface area (Å²) >= 11 is 0. The third-order valence-electron chi connectivity index (χ3n) is 3.04. The molecule has 0 radical (unpaired) electrons. The second-order valence-electron chi connectivity index (χ2n) is 4.79. The highest BCUT2D eigenvalue weighted by molar-refractivity contribution is 5.76. The number of carbonyl (C=O) groups excluding carboxylic acids is 1. The Balaban J connectivity index is 1.89. The van der Waals surface area contributed by atoms with Crippen molar-refractivity contribution in [3.05, 3.63) is 47.5 Å². The lowest BCUT2D eigenvalue weighted by Crippen LogP contribution is -2.30. The van der Waals surface area contributed by atoms with E-state index in [1.165, 1.54) is 16.8 Å². The highest BCUT2D eigenvalue weighted by Gasteiger charge is 2.11. The maximum Gasteiger partial charge on any atom is 0.242 e. The number of halogens is 1. The van der Waals surface area contributed by atoms with Gasteiger partial charge in [0, 0.05) is 12.6 Å². The van der Waals surface area contributed by atoms with E-state index in [0.717, 1.165) is 11.3 Å². The number of nitrogens with two attached hydrogens (primary N) is 1. The fraction of sp³-hybridized carbons (Fsp3) is 0.357. The summed E-state index contributed by atoms with van der Waals surface area (Å²) in [4.78, 5) is 11.9. The number of benzene rings is 1. The van der Waals surface area contributed by atoms with Crippen LogP contribution < -0.4 is 11.1 Å². The maximum absolute atomic E-state index is 12.9. The minimum absolute atomic E-state index is 0.0864. The van der Waals surface area contributed by atoms with Crippen LogP contribution in [0.25, 0.3) is 0 Å². The van der Waals surface area contributed by atoms with E-state index in [2.05, 4.69) is 15.6 Å². The number of nitrogens with zero attached hydrogens (tertiary/aromatic N) is 3. The van der Waals surface area contributed by atoms with Crippen LogP contribution in [0.2, 0.25) is 0 Å². The van der Waals surface area contributed by atoms with E-state index >= 15 is 0 Å². The molecule has 0 bridgehead atoms. The SMILES string of the molecule is CC(NC(=O)Cn1cc(CCN)nn1)c1ccc(F)cc1. The number of nitrogens with one attached hydrogen (secondary N) is 1. The standard InChI is InChI=1S/C14H18FN5O/c1-10(11-2-4-12(15)5-3-11)17-14(21)9-20-8-13(6-7-16)18-19-20/h2-5,8,10H,6-7,9,16H2,1H3,(H,17,21). The Morgan fingerprint density at radius 3 is 2.81 bits per heavy atom. The molecule has 1 aromatic heterocycles. The largest absolute Gasteiger partial charge is 0.348 e. The summed E-state index contributed by atoms with van der Waals surface area (Å²) in [6.07, 6.45) is 2.34. The van der Waals surface area contributed by atoms with Gasteiger partial charge >= 0.3 is 0 Å². The molecule has 3 N–H and O–H groups in total. The van der Waals surface area contributed by atoms with Gasteiger partial charge < -0.3 is 11.1 Å². The molecule has 1 aromatic carbocycles. The first-order valence-electron chi connectivity index (χ1n) is 6.72. The molecule has 0 aliphatic rings. The second-order valence-corrected chi connectivity index (χ2v) is 4.79. The molecule has 0 aliphatic heterocycles. The van der Waals surface area contributed by atoms with E-state index in [4.69, 9.17) is 5.73 Å². The third-order valence-corrected chi connectivity index (χ3v) is 3.04. The Bertz CT molecular complexity index is 596. The van der Waals surface area contributed by atoms with E-state index < -0.39 is 0 Å². The fourth-order valence-corrected chi connectivity index (χ4v) is 1.95. The number of hydrogen-bond donors (Lipinski definition) is 2. The summed E-state index contributed by atoms with van der Waals surface area (Å²) in [7, 11) is 0. The average molecular weight is 291 g/mol. The number of hydrogen-bond acceptors (Lipinski definition) is 4. The smallest absolute Gasteiger partial charge is 0.242 e. The zero-order valence-electron chi connectivity index (χ0n) is 11.8. The highest BCUT2D eigenvalue weighted by atomic mass is 19.1. The van der Waals surface area contributed by atoms with Gasteiger partial charge in [0.15, 0.2) is 0 Å². The van der Waals surface area contributed by atoms with Crippen LogP contribution in [0.1, 0.15) is 24.2 Å². The van der Waals surface area contributed by atoms with Gasteiger partial charge in [0.2, 0.25) is 5.91 Å². The molecule has 1 heterocycles. The number of amides is 1. The van der Waals surface area contributed by atoms with Crippen molar-refractivity contribution in [2.24, 2.45) is 5.73 Å². The number of aromatic nitrogens is 3. The molecule has 0 fully saturated rings. The Hall–Kier alpha value is -2.28. The Morgan fingerprint density at radius 1 is 1.43 bits per heavy atom. The Kier molecular flexibility index (Phi) is 4.99. The van der Waals surface area contributed by atoms with E-state index in [-0.39, 0.29) is 24.3 Å². The van der Waals surface area contributed by atoms with Gasteiger partial charge in [-0.3, -0.25) is 4.79 Å². The van der Waals surface area contributed by atoms with Crippen LogP contribution in [0.4, 0.5) is 4.39 Å².